The van der Waals surface area contributed by atoms with Gasteiger partial charge in [-0.1, -0.05) is 6.92 Å². The summed E-state index contributed by atoms with van der Waals surface area (Å²) in [5.74, 6) is 0.913. The first-order chi connectivity index (χ1) is 15.1. The van der Waals surface area contributed by atoms with Crippen LogP contribution in [0.15, 0.2) is 19.7 Å². The molecular formula is C24H29NO6S. The molecule has 8 heteroatoms. The number of carbonyl (C=O) groups excluding carboxylic acids is 1. The fourth-order valence-corrected chi connectivity index (χ4v) is 4.58. The summed E-state index contributed by atoms with van der Waals surface area (Å²) >= 11 is 1.63. The number of aliphatic carboxylic acids is 1. The highest BCUT2D eigenvalue weighted by Gasteiger charge is 2.22. The predicted octanol–water partition coefficient (Wildman–Crippen LogP) is 4.42. The Morgan fingerprint density at radius 1 is 1.06 bits per heavy atom. The lowest BCUT2D eigenvalue weighted by atomic mass is 9.98. The van der Waals surface area contributed by atoms with Crippen LogP contribution in [0.25, 0.3) is 21.9 Å². The summed E-state index contributed by atoms with van der Waals surface area (Å²) in [4.78, 5) is 36.5. The molecule has 0 saturated heterocycles. The van der Waals surface area contributed by atoms with Gasteiger partial charge >= 0.3 is 11.6 Å². The SMILES string of the molecule is CCSCCC(NC(=O)CCc1c(C)c2cc3c(C)c(C)oc3c(C)c2oc1=O)C(=O)O. The molecule has 0 aliphatic carbocycles. The highest BCUT2D eigenvalue weighted by atomic mass is 32.2. The molecule has 3 rings (SSSR count). The van der Waals surface area contributed by atoms with E-state index in [9.17, 15) is 19.5 Å². The molecule has 1 aromatic carbocycles. The average Bonchev–Trinajstić information content (AvgIpc) is 3.02. The first-order valence-electron chi connectivity index (χ1n) is 10.7. The van der Waals surface area contributed by atoms with Gasteiger partial charge in [-0.2, -0.15) is 11.8 Å². The lowest BCUT2D eigenvalue weighted by Gasteiger charge is -2.14. The van der Waals surface area contributed by atoms with Crippen LogP contribution in [0.5, 0.6) is 0 Å². The van der Waals surface area contributed by atoms with Gasteiger partial charge in [-0.25, -0.2) is 9.59 Å². The number of fused-ring (bicyclic) bond motifs is 2. The molecule has 2 N–H and O–H groups in total. The molecule has 0 bridgehead atoms. The average molecular weight is 460 g/mol. The van der Waals surface area contributed by atoms with E-state index in [-0.39, 0.29) is 12.8 Å². The second-order valence-corrected chi connectivity index (χ2v) is 9.37. The third-order valence-electron chi connectivity index (χ3n) is 5.93. The summed E-state index contributed by atoms with van der Waals surface area (Å²) in [5, 5.41) is 13.7. The fraction of sp³-hybridized carbons (Fsp3) is 0.458. The number of rotatable bonds is 9. The van der Waals surface area contributed by atoms with E-state index in [0.29, 0.717) is 28.9 Å². The molecule has 0 fully saturated rings. The number of carboxylic acids is 1. The first kappa shape index (κ1) is 23.9. The number of carbonyl (C=O) groups is 2. The normalized spacial score (nSPS) is 12.4. The van der Waals surface area contributed by atoms with Gasteiger partial charge in [-0.15, -0.1) is 0 Å². The van der Waals surface area contributed by atoms with E-state index in [0.717, 1.165) is 39.0 Å². The number of thioether (sulfide) groups is 1. The number of carboxylic acid groups (broad SMARTS) is 1. The third kappa shape index (κ3) is 4.70. The van der Waals surface area contributed by atoms with Crippen LogP contribution in [-0.2, 0) is 16.0 Å². The van der Waals surface area contributed by atoms with Crippen molar-refractivity contribution in [3.05, 3.63) is 44.5 Å². The van der Waals surface area contributed by atoms with Gasteiger partial charge in [0.25, 0.3) is 0 Å². The Kier molecular flexibility index (Phi) is 7.33. The zero-order valence-corrected chi connectivity index (χ0v) is 19.9. The Morgan fingerprint density at radius 2 is 1.72 bits per heavy atom. The van der Waals surface area contributed by atoms with Gasteiger partial charge in [0.1, 0.15) is 23.0 Å². The standard InChI is InChI=1S/C24H29NO6S/c1-6-32-10-9-19(23(27)28)25-20(26)8-7-16-13(3)18-11-17-12(2)15(5)30-21(17)14(4)22(18)31-24(16)29/h11,19H,6-10H2,1-5H3,(H,25,26)(H,27,28). The molecule has 2 aromatic heterocycles. The lowest BCUT2D eigenvalue weighted by Crippen LogP contribution is -2.41. The van der Waals surface area contributed by atoms with Gasteiger partial charge < -0.3 is 19.3 Å². The zero-order valence-electron chi connectivity index (χ0n) is 19.1. The first-order valence-corrected chi connectivity index (χ1v) is 11.9. The number of hydrogen-bond donors (Lipinski definition) is 2. The van der Waals surface area contributed by atoms with Crippen molar-refractivity contribution in [3.63, 3.8) is 0 Å². The van der Waals surface area contributed by atoms with E-state index < -0.39 is 23.5 Å². The number of nitrogens with one attached hydrogen (secondary N) is 1. The minimum atomic E-state index is -1.05. The van der Waals surface area contributed by atoms with E-state index in [2.05, 4.69) is 5.32 Å². The largest absolute Gasteiger partial charge is 0.480 e. The van der Waals surface area contributed by atoms with E-state index in [4.69, 9.17) is 8.83 Å². The smallest absolute Gasteiger partial charge is 0.339 e. The van der Waals surface area contributed by atoms with Gasteiger partial charge in [0.15, 0.2) is 0 Å². The molecule has 1 atom stereocenters. The molecule has 0 saturated carbocycles. The molecule has 32 heavy (non-hydrogen) atoms. The monoisotopic (exact) mass is 459 g/mol. The summed E-state index contributed by atoms with van der Waals surface area (Å²) < 4.78 is 11.5. The highest BCUT2D eigenvalue weighted by molar-refractivity contribution is 7.99. The van der Waals surface area contributed by atoms with Crippen molar-refractivity contribution in [1.29, 1.82) is 0 Å². The summed E-state index contributed by atoms with van der Waals surface area (Å²) in [5.41, 5.74) is 3.72. The topological polar surface area (TPSA) is 110 Å². The zero-order chi connectivity index (χ0) is 23.6. The Labute approximate surface area is 190 Å². The van der Waals surface area contributed by atoms with Crippen LogP contribution in [0, 0.1) is 27.7 Å². The summed E-state index contributed by atoms with van der Waals surface area (Å²) in [7, 11) is 0. The van der Waals surface area contributed by atoms with Crippen LogP contribution >= 0.6 is 11.8 Å². The van der Waals surface area contributed by atoms with Gasteiger partial charge in [0.05, 0.1) is 0 Å². The van der Waals surface area contributed by atoms with Crippen molar-refractivity contribution in [1.82, 2.24) is 5.32 Å². The maximum atomic E-state index is 12.7. The van der Waals surface area contributed by atoms with E-state index >= 15 is 0 Å². The van der Waals surface area contributed by atoms with Crippen LogP contribution in [0.4, 0.5) is 0 Å². The van der Waals surface area contributed by atoms with Gasteiger partial charge in [-0.05, 0) is 69.2 Å². The molecule has 0 aliphatic heterocycles. The molecule has 0 spiro atoms. The predicted molar refractivity (Wildman–Crippen MR) is 127 cm³/mol. The quantitative estimate of drug-likeness (QED) is 0.360. The van der Waals surface area contributed by atoms with Crippen molar-refractivity contribution in [2.75, 3.05) is 11.5 Å². The Bertz CT molecular complexity index is 1240. The van der Waals surface area contributed by atoms with Crippen molar-refractivity contribution in [2.45, 2.75) is 59.9 Å². The second kappa shape index (κ2) is 9.81. The summed E-state index contributed by atoms with van der Waals surface area (Å²) in [6, 6.07) is 1.04. The van der Waals surface area contributed by atoms with Gasteiger partial charge in [0, 0.05) is 28.3 Å². The van der Waals surface area contributed by atoms with Crippen molar-refractivity contribution < 1.29 is 23.5 Å². The number of hydrogen-bond acceptors (Lipinski definition) is 6. The van der Waals surface area contributed by atoms with Crippen LogP contribution < -0.4 is 10.9 Å². The molecule has 3 aromatic rings. The Hall–Kier alpha value is -2.74. The summed E-state index contributed by atoms with van der Waals surface area (Å²) in [6.07, 6.45) is 0.537. The lowest BCUT2D eigenvalue weighted by molar-refractivity contribution is -0.141. The summed E-state index contributed by atoms with van der Waals surface area (Å²) in [6.45, 7) is 9.60. The van der Waals surface area contributed by atoms with E-state index in [1.54, 1.807) is 11.8 Å². The molecule has 7 nitrogen and oxygen atoms in total. The minimum Gasteiger partial charge on any atom is -0.480 e. The van der Waals surface area contributed by atoms with Crippen LogP contribution in [-0.4, -0.2) is 34.5 Å². The molecule has 2 heterocycles. The number of amides is 1. The Balaban J connectivity index is 1.85. The van der Waals surface area contributed by atoms with Gasteiger partial charge in [-0.3, -0.25) is 4.79 Å². The van der Waals surface area contributed by atoms with Crippen LogP contribution in [0.2, 0.25) is 0 Å². The van der Waals surface area contributed by atoms with Gasteiger partial charge in [0.2, 0.25) is 5.91 Å². The van der Waals surface area contributed by atoms with E-state index in [1.165, 1.54) is 0 Å². The van der Waals surface area contributed by atoms with Crippen molar-refractivity contribution in [2.24, 2.45) is 0 Å². The maximum absolute atomic E-state index is 12.7. The second-order valence-electron chi connectivity index (χ2n) is 7.98. The number of benzene rings is 1. The van der Waals surface area contributed by atoms with Crippen LogP contribution in [0.3, 0.4) is 0 Å². The van der Waals surface area contributed by atoms with Crippen molar-refractivity contribution in [3.8, 4) is 0 Å². The number of aryl methyl sites for hydroxylation is 4. The highest BCUT2D eigenvalue weighted by Crippen LogP contribution is 2.34. The molecule has 0 aliphatic rings. The third-order valence-corrected chi connectivity index (χ3v) is 6.87. The van der Waals surface area contributed by atoms with E-state index in [1.807, 2.05) is 40.7 Å². The molecule has 1 unspecified atom stereocenters. The molecule has 1 amide bonds. The van der Waals surface area contributed by atoms with Crippen LogP contribution in [0.1, 0.15) is 47.8 Å². The van der Waals surface area contributed by atoms with Crippen molar-refractivity contribution >= 4 is 45.6 Å². The minimum absolute atomic E-state index is 0.00683. The number of furan rings is 1. The molecule has 0 radical (unpaired) electrons. The fourth-order valence-electron chi connectivity index (χ4n) is 3.89. The molecular weight excluding hydrogens is 430 g/mol. The molecule has 172 valence electrons. The Morgan fingerprint density at radius 3 is 2.38 bits per heavy atom. The maximum Gasteiger partial charge on any atom is 0.339 e.